The van der Waals surface area contributed by atoms with Crippen LogP contribution in [-0.4, -0.2) is 15.8 Å². The number of nitro benzene ring substituents is 1. The fraction of sp³-hybridized carbons (Fsp3) is 0.174. The first-order valence-corrected chi connectivity index (χ1v) is 9.69. The van der Waals surface area contributed by atoms with Gasteiger partial charge in [-0.2, -0.15) is 13.2 Å². The quantitative estimate of drug-likeness (QED) is 0.323. The smallest absolute Gasteiger partial charge is 0.359 e. The Morgan fingerprint density at radius 1 is 1.12 bits per heavy atom. The van der Waals surface area contributed by atoms with Crippen LogP contribution in [-0.2, 0) is 17.5 Å². The molecule has 1 aliphatic rings. The molecule has 0 unspecified atom stereocenters. The van der Waals surface area contributed by atoms with Gasteiger partial charge in [0.1, 0.15) is 0 Å². The van der Waals surface area contributed by atoms with Crippen LogP contribution in [0.1, 0.15) is 33.6 Å². The first-order chi connectivity index (χ1) is 15.0. The van der Waals surface area contributed by atoms with E-state index in [-0.39, 0.29) is 17.8 Å². The van der Waals surface area contributed by atoms with Crippen LogP contribution < -0.4 is 4.90 Å². The van der Waals surface area contributed by atoms with Gasteiger partial charge in [-0.15, -0.1) is 0 Å². The molecule has 0 bridgehead atoms. The van der Waals surface area contributed by atoms with Crippen molar-refractivity contribution in [2.24, 2.45) is 0 Å². The van der Waals surface area contributed by atoms with Gasteiger partial charge >= 0.3 is 6.18 Å². The molecule has 1 aliphatic heterocycles. The Hall–Kier alpha value is -3.88. The number of nitro groups is 1. The lowest BCUT2D eigenvalue weighted by Crippen LogP contribution is -2.25. The monoisotopic (exact) mass is 441 g/mol. The number of H-pyrrole nitrogens is 1. The van der Waals surface area contributed by atoms with E-state index < -0.39 is 22.6 Å². The van der Waals surface area contributed by atoms with Crippen LogP contribution in [0.3, 0.4) is 0 Å². The SMILES string of the molecule is Cc1cc(C)c(C=C2C(=O)N(Cc3cccc(C(F)(F)F)c3)c3ccc([N+](=O)[O-])cc32)[nH]1. The van der Waals surface area contributed by atoms with Crippen molar-refractivity contribution in [2.45, 2.75) is 26.6 Å². The number of aromatic nitrogens is 1. The molecule has 4 rings (SSSR count). The number of aromatic amines is 1. The van der Waals surface area contributed by atoms with Gasteiger partial charge in [-0.25, -0.2) is 0 Å². The highest BCUT2D eigenvalue weighted by Crippen LogP contribution is 2.41. The van der Waals surface area contributed by atoms with Crippen molar-refractivity contribution in [3.8, 4) is 0 Å². The summed E-state index contributed by atoms with van der Waals surface area (Å²) in [7, 11) is 0. The van der Waals surface area contributed by atoms with Crippen LogP contribution in [0.4, 0.5) is 24.5 Å². The molecule has 1 amide bonds. The third kappa shape index (κ3) is 3.89. The highest BCUT2D eigenvalue weighted by atomic mass is 19.4. The Bertz CT molecular complexity index is 1270. The highest BCUT2D eigenvalue weighted by molar-refractivity contribution is 6.35. The fourth-order valence-electron chi connectivity index (χ4n) is 3.83. The molecule has 164 valence electrons. The molecule has 0 aliphatic carbocycles. The van der Waals surface area contributed by atoms with Gasteiger partial charge in [0.05, 0.1) is 28.3 Å². The number of rotatable bonds is 4. The number of amides is 1. The maximum absolute atomic E-state index is 13.3. The Kier molecular flexibility index (Phi) is 5.12. The van der Waals surface area contributed by atoms with E-state index in [0.29, 0.717) is 22.5 Å². The van der Waals surface area contributed by atoms with Gasteiger partial charge in [-0.3, -0.25) is 14.9 Å². The van der Waals surface area contributed by atoms with Gasteiger partial charge in [0.15, 0.2) is 0 Å². The second kappa shape index (κ2) is 7.67. The van der Waals surface area contributed by atoms with Gasteiger partial charge in [0, 0.05) is 29.1 Å². The van der Waals surface area contributed by atoms with Crippen molar-refractivity contribution in [1.82, 2.24) is 4.98 Å². The van der Waals surface area contributed by atoms with Crippen molar-refractivity contribution in [3.63, 3.8) is 0 Å². The van der Waals surface area contributed by atoms with Crippen molar-refractivity contribution in [3.05, 3.63) is 92.3 Å². The van der Waals surface area contributed by atoms with Crippen LogP contribution in [0, 0.1) is 24.0 Å². The molecule has 1 N–H and O–H groups in total. The topological polar surface area (TPSA) is 79.2 Å². The molecule has 3 aromatic rings. The number of non-ortho nitro benzene ring substituents is 1. The minimum absolute atomic E-state index is 0.104. The molecule has 0 spiro atoms. The second-order valence-electron chi connectivity index (χ2n) is 7.66. The lowest BCUT2D eigenvalue weighted by atomic mass is 10.0. The minimum Gasteiger partial charge on any atom is -0.359 e. The van der Waals surface area contributed by atoms with E-state index in [0.717, 1.165) is 23.4 Å². The summed E-state index contributed by atoms with van der Waals surface area (Å²) in [6.45, 7) is 3.63. The maximum Gasteiger partial charge on any atom is 0.416 e. The summed E-state index contributed by atoms with van der Waals surface area (Å²) < 4.78 is 39.3. The molecule has 0 atom stereocenters. The largest absolute Gasteiger partial charge is 0.416 e. The van der Waals surface area contributed by atoms with E-state index in [4.69, 9.17) is 0 Å². The molecule has 2 aromatic carbocycles. The number of halogens is 3. The van der Waals surface area contributed by atoms with Crippen LogP contribution in [0.5, 0.6) is 0 Å². The molecule has 0 saturated carbocycles. The number of anilines is 1. The molecule has 0 radical (unpaired) electrons. The maximum atomic E-state index is 13.3. The number of hydrogen-bond donors (Lipinski definition) is 1. The van der Waals surface area contributed by atoms with Crippen LogP contribution in [0.25, 0.3) is 11.6 Å². The Morgan fingerprint density at radius 2 is 1.88 bits per heavy atom. The normalized spacial score (nSPS) is 14.8. The van der Waals surface area contributed by atoms with E-state index in [1.165, 1.54) is 35.2 Å². The number of nitrogens with zero attached hydrogens (tertiary/aromatic N) is 2. The summed E-state index contributed by atoms with van der Waals surface area (Å²) in [6.07, 6.45) is -2.88. The zero-order valence-electron chi connectivity index (χ0n) is 17.2. The second-order valence-corrected chi connectivity index (χ2v) is 7.66. The average Bonchev–Trinajstić information content (AvgIpc) is 3.18. The molecule has 6 nitrogen and oxygen atoms in total. The van der Waals surface area contributed by atoms with Crippen molar-refractivity contribution in [1.29, 1.82) is 0 Å². The number of aryl methyl sites for hydroxylation is 2. The minimum atomic E-state index is -4.50. The zero-order valence-corrected chi connectivity index (χ0v) is 17.2. The van der Waals surface area contributed by atoms with Gasteiger partial charge in [0.2, 0.25) is 0 Å². The number of alkyl halides is 3. The molecule has 0 fully saturated rings. The van der Waals surface area contributed by atoms with Crippen LogP contribution in [0.15, 0.2) is 48.5 Å². The van der Waals surface area contributed by atoms with E-state index >= 15 is 0 Å². The molecular weight excluding hydrogens is 423 g/mol. The summed E-state index contributed by atoms with van der Waals surface area (Å²) in [5, 5.41) is 11.3. The lowest BCUT2D eigenvalue weighted by Gasteiger charge is -2.18. The standard InChI is InChI=1S/C23H18F3N3O3/c1-13-8-14(2)27-20(13)11-19-18-10-17(29(31)32)6-7-21(18)28(22(19)30)12-15-4-3-5-16(9-15)23(24,25)26/h3-11,27H,12H2,1-2H3. The Balaban J connectivity index is 1.80. The first-order valence-electron chi connectivity index (χ1n) is 9.69. The third-order valence-corrected chi connectivity index (χ3v) is 5.32. The number of carbonyl (C=O) groups is 1. The summed E-state index contributed by atoms with van der Waals surface area (Å²) in [5.41, 5.74) is 2.79. The molecule has 32 heavy (non-hydrogen) atoms. The highest BCUT2D eigenvalue weighted by Gasteiger charge is 2.35. The van der Waals surface area contributed by atoms with E-state index in [9.17, 15) is 28.1 Å². The average molecular weight is 441 g/mol. The van der Waals surface area contributed by atoms with Gasteiger partial charge in [0.25, 0.3) is 11.6 Å². The van der Waals surface area contributed by atoms with E-state index in [1.807, 2.05) is 19.9 Å². The van der Waals surface area contributed by atoms with Crippen molar-refractivity contribution >= 4 is 28.9 Å². The van der Waals surface area contributed by atoms with Crippen molar-refractivity contribution < 1.29 is 22.9 Å². The molecular formula is C23H18F3N3O3. The molecule has 2 heterocycles. The number of nitrogens with one attached hydrogen (secondary N) is 1. The fourth-order valence-corrected chi connectivity index (χ4v) is 3.83. The summed E-state index contributed by atoms with van der Waals surface area (Å²) in [5.74, 6) is -0.440. The number of carbonyl (C=O) groups excluding carboxylic acids is 1. The van der Waals surface area contributed by atoms with Gasteiger partial charge < -0.3 is 9.88 Å². The van der Waals surface area contributed by atoms with Crippen LogP contribution in [0.2, 0.25) is 0 Å². The Morgan fingerprint density at radius 3 is 2.50 bits per heavy atom. The number of fused-ring (bicyclic) bond motifs is 1. The Labute approximate surface area is 181 Å². The summed E-state index contributed by atoms with van der Waals surface area (Å²) >= 11 is 0. The number of benzene rings is 2. The van der Waals surface area contributed by atoms with Crippen LogP contribution >= 0.6 is 0 Å². The lowest BCUT2D eigenvalue weighted by molar-refractivity contribution is -0.384. The van der Waals surface area contributed by atoms with Gasteiger partial charge in [-0.05, 0) is 55.3 Å². The third-order valence-electron chi connectivity index (χ3n) is 5.32. The van der Waals surface area contributed by atoms with E-state index in [1.54, 1.807) is 6.08 Å². The first kappa shape index (κ1) is 21.4. The molecule has 0 saturated heterocycles. The van der Waals surface area contributed by atoms with Crippen molar-refractivity contribution in [2.75, 3.05) is 4.90 Å². The summed E-state index contributed by atoms with van der Waals surface area (Å²) in [6, 6.07) is 10.7. The zero-order chi connectivity index (χ0) is 23.2. The molecule has 9 heteroatoms. The van der Waals surface area contributed by atoms with Gasteiger partial charge in [-0.1, -0.05) is 12.1 Å². The van der Waals surface area contributed by atoms with E-state index in [2.05, 4.69) is 4.98 Å². The predicted molar refractivity (Wildman–Crippen MR) is 114 cm³/mol. The predicted octanol–water partition coefficient (Wildman–Crippen LogP) is 5.65. The summed E-state index contributed by atoms with van der Waals surface area (Å²) in [4.78, 5) is 28.5. The molecule has 1 aromatic heterocycles. The number of hydrogen-bond acceptors (Lipinski definition) is 3.